The molecule has 0 aromatic heterocycles. The normalized spacial score (nSPS) is 13.9. The molecular weight excluding hydrogens is 454 g/mol. The third-order valence-corrected chi connectivity index (χ3v) is 6.72. The highest BCUT2D eigenvalue weighted by Gasteiger charge is 2.31. The lowest BCUT2D eigenvalue weighted by atomic mass is 10.0. The molecule has 0 aliphatic carbocycles. The smallest absolute Gasteiger partial charge is 0.243 e. The van der Waals surface area contributed by atoms with Crippen molar-refractivity contribution in [3.05, 3.63) is 76.9 Å². The summed E-state index contributed by atoms with van der Waals surface area (Å²) in [4.78, 5) is 23.7. The Morgan fingerprint density at radius 1 is 0.971 bits per heavy atom. The number of carbonyl (C=O) groups excluding carboxylic acids is 2. The van der Waals surface area contributed by atoms with Gasteiger partial charge in [0, 0.05) is 6.92 Å². The zero-order chi connectivity index (χ0) is 25.3. The maximum Gasteiger partial charge on any atom is 0.243 e. The van der Waals surface area contributed by atoms with Crippen LogP contribution in [0.1, 0.15) is 32.8 Å². The van der Waals surface area contributed by atoms with Gasteiger partial charge in [-0.2, -0.15) is 5.26 Å². The Kier molecular flexibility index (Phi) is 9.39. The van der Waals surface area contributed by atoms with Crippen LogP contribution in [0.25, 0.3) is 0 Å². The first-order valence-electron chi connectivity index (χ1n) is 10.8. The highest BCUT2D eigenvalue weighted by molar-refractivity contribution is 7.95. The molecule has 0 bridgehead atoms. The lowest BCUT2D eigenvalue weighted by Gasteiger charge is -2.24. The van der Waals surface area contributed by atoms with E-state index in [0.29, 0.717) is 12.0 Å². The largest absolute Gasteiger partial charge is 0.508 e. The molecule has 0 spiro atoms. The van der Waals surface area contributed by atoms with Crippen LogP contribution in [-0.4, -0.2) is 37.4 Å². The number of hydrogen-bond donors (Lipinski definition) is 3. The molecule has 34 heavy (non-hydrogen) atoms. The molecule has 2 rings (SSSR count). The summed E-state index contributed by atoms with van der Waals surface area (Å²) < 4.78 is 26.1. The first kappa shape index (κ1) is 26.6. The average Bonchev–Trinajstić information content (AvgIpc) is 2.79. The second-order valence-corrected chi connectivity index (χ2v) is 10.2. The topological polar surface area (TPSA) is 136 Å². The fourth-order valence-electron chi connectivity index (χ4n) is 3.42. The van der Waals surface area contributed by atoms with E-state index in [1.54, 1.807) is 42.5 Å². The van der Waals surface area contributed by atoms with Crippen LogP contribution < -0.4 is 10.6 Å². The number of rotatable bonds is 10. The van der Waals surface area contributed by atoms with E-state index < -0.39 is 44.4 Å². The molecule has 8 nitrogen and oxygen atoms in total. The SMILES string of the molecule is CC(=O)N[C@@H](CC(C)C)C(=O)N[C@@H](Cc1ccccc1)/C(O)=C(\C#N)S(=O)(=O)c1ccccc1. The predicted octanol–water partition coefficient (Wildman–Crippen LogP) is 3.03. The Morgan fingerprint density at radius 3 is 2.03 bits per heavy atom. The minimum absolute atomic E-state index is 0.0301. The molecule has 2 amide bonds. The molecule has 0 heterocycles. The van der Waals surface area contributed by atoms with E-state index in [0.717, 1.165) is 0 Å². The Morgan fingerprint density at radius 2 is 1.53 bits per heavy atom. The Bertz CT molecular complexity index is 1170. The van der Waals surface area contributed by atoms with Crippen molar-refractivity contribution in [2.75, 3.05) is 0 Å². The van der Waals surface area contributed by atoms with Crippen molar-refractivity contribution in [1.82, 2.24) is 10.6 Å². The molecule has 0 unspecified atom stereocenters. The van der Waals surface area contributed by atoms with E-state index in [1.807, 2.05) is 13.8 Å². The number of allylic oxidation sites excluding steroid dienone is 1. The maximum absolute atomic E-state index is 13.1. The van der Waals surface area contributed by atoms with Gasteiger partial charge in [0.15, 0.2) is 4.91 Å². The molecule has 0 fully saturated rings. The second kappa shape index (κ2) is 12.0. The molecule has 180 valence electrons. The van der Waals surface area contributed by atoms with Crippen LogP contribution >= 0.6 is 0 Å². The van der Waals surface area contributed by atoms with E-state index in [4.69, 9.17) is 0 Å². The summed E-state index contributed by atoms with van der Waals surface area (Å²) in [6.45, 7) is 5.07. The van der Waals surface area contributed by atoms with Gasteiger partial charge in [-0.15, -0.1) is 0 Å². The van der Waals surface area contributed by atoms with E-state index >= 15 is 0 Å². The van der Waals surface area contributed by atoms with Crippen LogP contribution in [0, 0.1) is 17.2 Å². The number of hydrogen-bond acceptors (Lipinski definition) is 6. The number of benzene rings is 2. The van der Waals surface area contributed by atoms with E-state index in [-0.39, 0.29) is 17.2 Å². The third kappa shape index (κ3) is 7.18. The average molecular weight is 484 g/mol. The lowest BCUT2D eigenvalue weighted by Crippen LogP contribution is -2.51. The van der Waals surface area contributed by atoms with Crippen LogP contribution in [0.3, 0.4) is 0 Å². The highest BCUT2D eigenvalue weighted by atomic mass is 32.2. The monoisotopic (exact) mass is 483 g/mol. The molecule has 2 aromatic carbocycles. The van der Waals surface area contributed by atoms with Crippen molar-refractivity contribution in [2.45, 2.75) is 50.6 Å². The van der Waals surface area contributed by atoms with Crippen LogP contribution in [0.15, 0.2) is 76.2 Å². The zero-order valence-electron chi connectivity index (χ0n) is 19.4. The van der Waals surface area contributed by atoms with Crippen molar-refractivity contribution in [1.29, 1.82) is 5.26 Å². The zero-order valence-corrected chi connectivity index (χ0v) is 20.2. The minimum Gasteiger partial charge on any atom is -0.508 e. The molecular formula is C25H29N3O5S. The summed E-state index contributed by atoms with van der Waals surface area (Å²) in [5.74, 6) is -1.68. The van der Waals surface area contributed by atoms with Gasteiger partial charge in [0.2, 0.25) is 21.7 Å². The van der Waals surface area contributed by atoms with Crippen LogP contribution in [-0.2, 0) is 25.8 Å². The second-order valence-electron chi connectivity index (χ2n) is 8.28. The standard InChI is InChI=1S/C25H29N3O5S/c1-17(2)14-22(27-18(3)29)25(31)28-21(15-19-10-6-4-7-11-19)24(30)23(16-26)34(32,33)20-12-8-5-9-13-20/h4-13,17,21-22,30H,14-15H2,1-3H3,(H,27,29)(H,28,31)/b24-23-/t21-,22-/m0/s1. The fourth-order valence-corrected chi connectivity index (χ4v) is 4.71. The van der Waals surface area contributed by atoms with Gasteiger partial charge in [-0.1, -0.05) is 62.4 Å². The number of carbonyl (C=O) groups is 2. The Balaban J connectivity index is 2.51. The maximum atomic E-state index is 13.1. The summed E-state index contributed by atoms with van der Waals surface area (Å²) in [6, 6.07) is 15.6. The van der Waals surface area contributed by atoms with Crippen LogP contribution in [0.2, 0.25) is 0 Å². The molecule has 0 saturated carbocycles. The molecule has 0 radical (unpaired) electrons. The fraction of sp³-hybridized carbons (Fsp3) is 0.320. The molecule has 0 saturated heterocycles. The summed E-state index contributed by atoms with van der Waals surface area (Å²) in [6.07, 6.45) is 0.365. The number of aliphatic hydroxyl groups excluding tert-OH is 1. The number of nitrogens with zero attached hydrogens (tertiary/aromatic N) is 1. The van der Waals surface area contributed by atoms with Gasteiger partial charge in [-0.3, -0.25) is 9.59 Å². The molecule has 2 atom stereocenters. The quantitative estimate of drug-likeness (QED) is 0.351. The Labute approximate surface area is 200 Å². The van der Waals surface area contributed by atoms with E-state index in [9.17, 15) is 28.4 Å². The predicted molar refractivity (Wildman–Crippen MR) is 128 cm³/mol. The van der Waals surface area contributed by atoms with Gasteiger partial charge in [0.05, 0.1) is 10.9 Å². The molecule has 9 heteroatoms. The van der Waals surface area contributed by atoms with E-state index in [2.05, 4.69) is 10.6 Å². The van der Waals surface area contributed by atoms with Crippen LogP contribution in [0.4, 0.5) is 0 Å². The van der Waals surface area contributed by atoms with Gasteiger partial charge < -0.3 is 15.7 Å². The van der Waals surface area contributed by atoms with Gasteiger partial charge in [-0.25, -0.2) is 8.42 Å². The number of amides is 2. The number of aliphatic hydroxyl groups is 1. The summed E-state index contributed by atoms with van der Waals surface area (Å²) in [5.41, 5.74) is 0.702. The molecule has 3 N–H and O–H groups in total. The first-order valence-corrected chi connectivity index (χ1v) is 12.3. The molecule has 2 aromatic rings. The Hall–Kier alpha value is -3.64. The van der Waals surface area contributed by atoms with Crippen molar-refractivity contribution in [2.24, 2.45) is 5.92 Å². The first-order chi connectivity index (χ1) is 16.1. The van der Waals surface area contributed by atoms with Crippen molar-refractivity contribution >= 4 is 21.7 Å². The van der Waals surface area contributed by atoms with Gasteiger partial charge in [-0.05, 0) is 36.5 Å². The van der Waals surface area contributed by atoms with Crippen LogP contribution in [0.5, 0.6) is 0 Å². The lowest BCUT2D eigenvalue weighted by molar-refractivity contribution is -0.128. The summed E-state index contributed by atoms with van der Waals surface area (Å²) in [7, 11) is -4.33. The highest BCUT2D eigenvalue weighted by Crippen LogP contribution is 2.23. The number of nitrogens with one attached hydrogen (secondary N) is 2. The van der Waals surface area contributed by atoms with Crippen molar-refractivity contribution in [3.63, 3.8) is 0 Å². The van der Waals surface area contributed by atoms with E-state index in [1.165, 1.54) is 31.2 Å². The van der Waals surface area contributed by atoms with Gasteiger partial charge in [0.1, 0.15) is 17.9 Å². The number of nitriles is 1. The van der Waals surface area contributed by atoms with Crippen molar-refractivity contribution in [3.8, 4) is 6.07 Å². The summed E-state index contributed by atoms with van der Waals surface area (Å²) in [5, 5.41) is 25.9. The van der Waals surface area contributed by atoms with Crippen molar-refractivity contribution < 1.29 is 23.1 Å². The minimum atomic E-state index is -4.33. The molecule has 0 aliphatic heterocycles. The van der Waals surface area contributed by atoms with Gasteiger partial charge >= 0.3 is 0 Å². The van der Waals surface area contributed by atoms with Gasteiger partial charge in [0.25, 0.3) is 0 Å². The molecule has 0 aliphatic rings. The summed E-state index contributed by atoms with van der Waals surface area (Å²) >= 11 is 0. The third-order valence-electron chi connectivity index (χ3n) is 4.99. The number of sulfone groups is 1.